The summed E-state index contributed by atoms with van der Waals surface area (Å²) in [6, 6.07) is 0.556. The smallest absolute Gasteiger partial charge is 0.0503 e. The lowest BCUT2D eigenvalue weighted by Crippen LogP contribution is -2.60. The maximum atomic E-state index is 9.54. The number of likely N-dealkylation sites (N-methyl/N-ethyl adjacent to an activating group) is 1. The van der Waals surface area contributed by atoms with Crippen molar-refractivity contribution in [1.82, 2.24) is 10.2 Å². The molecule has 0 unspecified atom stereocenters. The second-order valence-corrected chi connectivity index (χ2v) is 4.57. The summed E-state index contributed by atoms with van der Waals surface area (Å²) in [5.74, 6) is 0. The van der Waals surface area contributed by atoms with Crippen LogP contribution in [0, 0.1) is 5.41 Å². The van der Waals surface area contributed by atoms with Crippen molar-refractivity contribution in [3.8, 4) is 0 Å². The summed E-state index contributed by atoms with van der Waals surface area (Å²) in [5.41, 5.74) is 0.207. The molecule has 2 saturated heterocycles. The average Bonchev–Trinajstić information content (AvgIpc) is 2.18. The number of aliphatic hydroxyl groups is 1. The van der Waals surface area contributed by atoms with Crippen LogP contribution in [0.3, 0.4) is 0 Å². The van der Waals surface area contributed by atoms with Crippen LogP contribution < -0.4 is 5.32 Å². The lowest BCUT2D eigenvalue weighted by molar-refractivity contribution is -0.0342. The van der Waals surface area contributed by atoms with Crippen LogP contribution in [0.2, 0.25) is 0 Å². The minimum Gasteiger partial charge on any atom is -0.396 e. The van der Waals surface area contributed by atoms with Crippen LogP contribution in [0.1, 0.15) is 19.3 Å². The Morgan fingerprint density at radius 3 is 3.08 bits per heavy atom. The van der Waals surface area contributed by atoms with E-state index in [1.54, 1.807) is 0 Å². The SMILES string of the molecule is CN1CCC[C@@]2(CO)CCNC[C@@H]12. The number of nitrogens with zero attached hydrogens (tertiary/aromatic N) is 1. The number of hydrogen-bond acceptors (Lipinski definition) is 3. The van der Waals surface area contributed by atoms with Crippen LogP contribution in [0.5, 0.6) is 0 Å². The van der Waals surface area contributed by atoms with Crippen molar-refractivity contribution in [3.63, 3.8) is 0 Å². The number of fused-ring (bicyclic) bond motifs is 1. The first kappa shape index (κ1) is 9.44. The summed E-state index contributed by atoms with van der Waals surface area (Å²) < 4.78 is 0. The van der Waals surface area contributed by atoms with Gasteiger partial charge in [0.25, 0.3) is 0 Å². The molecule has 0 amide bonds. The second kappa shape index (κ2) is 3.56. The van der Waals surface area contributed by atoms with Crippen molar-refractivity contribution in [2.24, 2.45) is 5.41 Å². The van der Waals surface area contributed by atoms with Gasteiger partial charge < -0.3 is 15.3 Å². The maximum absolute atomic E-state index is 9.54. The number of aliphatic hydroxyl groups excluding tert-OH is 1. The van der Waals surface area contributed by atoms with E-state index in [1.165, 1.54) is 19.4 Å². The van der Waals surface area contributed by atoms with E-state index in [9.17, 15) is 5.11 Å². The van der Waals surface area contributed by atoms with Crippen molar-refractivity contribution in [2.75, 3.05) is 33.3 Å². The van der Waals surface area contributed by atoms with Crippen molar-refractivity contribution >= 4 is 0 Å². The Hall–Kier alpha value is -0.120. The zero-order valence-corrected chi connectivity index (χ0v) is 8.42. The Morgan fingerprint density at radius 2 is 2.38 bits per heavy atom. The summed E-state index contributed by atoms with van der Waals surface area (Å²) >= 11 is 0. The Bertz CT molecular complexity index is 182. The molecule has 0 aromatic carbocycles. The molecule has 3 heteroatoms. The molecule has 2 aliphatic heterocycles. The van der Waals surface area contributed by atoms with Crippen molar-refractivity contribution in [1.29, 1.82) is 0 Å². The van der Waals surface area contributed by atoms with Gasteiger partial charge in [-0.05, 0) is 39.4 Å². The molecule has 0 radical (unpaired) electrons. The minimum atomic E-state index is 0.207. The molecule has 76 valence electrons. The van der Waals surface area contributed by atoms with Gasteiger partial charge in [-0.25, -0.2) is 0 Å². The molecule has 0 aliphatic carbocycles. The van der Waals surface area contributed by atoms with Crippen LogP contribution >= 0.6 is 0 Å². The third-order valence-electron chi connectivity index (χ3n) is 3.88. The predicted octanol–water partition coefficient (Wildman–Crippen LogP) is 0.0526. The van der Waals surface area contributed by atoms with Gasteiger partial charge in [0.15, 0.2) is 0 Å². The quantitative estimate of drug-likeness (QED) is 0.604. The van der Waals surface area contributed by atoms with Gasteiger partial charge >= 0.3 is 0 Å². The molecule has 0 aromatic heterocycles. The fraction of sp³-hybridized carbons (Fsp3) is 1.00. The maximum Gasteiger partial charge on any atom is 0.0503 e. The number of nitrogens with one attached hydrogen (secondary N) is 1. The third-order valence-corrected chi connectivity index (χ3v) is 3.88. The molecule has 2 fully saturated rings. The van der Waals surface area contributed by atoms with E-state index in [2.05, 4.69) is 17.3 Å². The van der Waals surface area contributed by atoms with Gasteiger partial charge in [0, 0.05) is 18.0 Å². The van der Waals surface area contributed by atoms with Crippen LogP contribution in [-0.2, 0) is 0 Å². The largest absolute Gasteiger partial charge is 0.396 e. The van der Waals surface area contributed by atoms with Gasteiger partial charge in [-0.15, -0.1) is 0 Å². The highest BCUT2D eigenvalue weighted by Gasteiger charge is 2.44. The van der Waals surface area contributed by atoms with Gasteiger partial charge in [0.1, 0.15) is 0 Å². The molecule has 2 rings (SSSR count). The van der Waals surface area contributed by atoms with E-state index in [0.29, 0.717) is 12.6 Å². The molecule has 2 aliphatic rings. The Kier molecular flexibility index (Phi) is 2.58. The molecule has 0 bridgehead atoms. The second-order valence-electron chi connectivity index (χ2n) is 4.57. The molecule has 0 saturated carbocycles. The van der Waals surface area contributed by atoms with Gasteiger partial charge in [-0.2, -0.15) is 0 Å². The van der Waals surface area contributed by atoms with Crippen LogP contribution in [0.25, 0.3) is 0 Å². The topological polar surface area (TPSA) is 35.5 Å². The third kappa shape index (κ3) is 1.49. The Morgan fingerprint density at radius 1 is 1.54 bits per heavy atom. The van der Waals surface area contributed by atoms with Gasteiger partial charge in [0.05, 0.1) is 6.61 Å². The standard InChI is InChI=1S/C10H20N2O/c1-12-6-2-3-10(8-13)4-5-11-7-9(10)12/h9,11,13H,2-8H2,1H3/t9-,10+/m1/s1. The first-order chi connectivity index (χ1) is 6.28. The predicted molar refractivity (Wildman–Crippen MR) is 52.7 cm³/mol. The number of likely N-dealkylation sites (tertiary alicyclic amines) is 1. The molecule has 3 nitrogen and oxygen atoms in total. The summed E-state index contributed by atoms with van der Waals surface area (Å²) in [7, 11) is 2.18. The van der Waals surface area contributed by atoms with Crippen LogP contribution in [0.4, 0.5) is 0 Å². The molecule has 0 aromatic rings. The van der Waals surface area contributed by atoms with Crippen LogP contribution in [0.15, 0.2) is 0 Å². The zero-order valence-electron chi connectivity index (χ0n) is 8.42. The first-order valence-corrected chi connectivity index (χ1v) is 5.30. The first-order valence-electron chi connectivity index (χ1n) is 5.30. The number of piperidine rings is 2. The highest BCUT2D eigenvalue weighted by molar-refractivity contribution is 4.99. The normalized spacial score (nSPS) is 41.5. The van der Waals surface area contributed by atoms with E-state index >= 15 is 0 Å². The fourth-order valence-corrected chi connectivity index (χ4v) is 2.97. The number of rotatable bonds is 1. The monoisotopic (exact) mass is 184 g/mol. The van der Waals surface area contributed by atoms with Gasteiger partial charge in [-0.1, -0.05) is 0 Å². The van der Waals surface area contributed by atoms with Gasteiger partial charge in [-0.3, -0.25) is 0 Å². The van der Waals surface area contributed by atoms with E-state index in [-0.39, 0.29) is 5.41 Å². The van der Waals surface area contributed by atoms with Crippen molar-refractivity contribution in [3.05, 3.63) is 0 Å². The van der Waals surface area contributed by atoms with Gasteiger partial charge in [0.2, 0.25) is 0 Å². The molecular weight excluding hydrogens is 164 g/mol. The Balaban J connectivity index is 2.16. The summed E-state index contributed by atoms with van der Waals surface area (Å²) in [5, 5.41) is 13.0. The lowest BCUT2D eigenvalue weighted by atomic mass is 9.69. The molecule has 0 spiro atoms. The summed E-state index contributed by atoms with van der Waals surface area (Å²) in [6.07, 6.45) is 3.59. The highest BCUT2D eigenvalue weighted by atomic mass is 16.3. The van der Waals surface area contributed by atoms with E-state index in [0.717, 1.165) is 19.5 Å². The molecule has 2 heterocycles. The number of hydrogen-bond donors (Lipinski definition) is 2. The average molecular weight is 184 g/mol. The minimum absolute atomic E-state index is 0.207. The Labute approximate surface area is 80.1 Å². The summed E-state index contributed by atoms with van der Waals surface area (Å²) in [4.78, 5) is 2.41. The fourth-order valence-electron chi connectivity index (χ4n) is 2.97. The van der Waals surface area contributed by atoms with Crippen molar-refractivity contribution in [2.45, 2.75) is 25.3 Å². The molecule has 2 N–H and O–H groups in total. The lowest BCUT2D eigenvalue weighted by Gasteiger charge is -2.51. The zero-order chi connectivity index (χ0) is 9.31. The van der Waals surface area contributed by atoms with E-state index < -0.39 is 0 Å². The van der Waals surface area contributed by atoms with E-state index in [1.807, 2.05) is 0 Å². The molecule has 2 atom stereocenters. The van der Waals surface area contributed by atoms with Crippen molar-refractivity contribution < 1.29 is 5.11 Å². The molecule has 13 heavy (non-hydrogen) atoms. The summed E-state index contributed by atoms with van der Waals surface area (Å²) in [6.45, 7) is 3.68. The van der Waals surface area contributed by atoms with E-state index in [4.69, 9.17) is 0 Å². The highest BCUT2D eigenvalue weighted by Crippen LogP contribution is 2.39. The van der Waals surface area contributed by atoms with Crippen LogP contribution in [-0.4, -0.2) is 49.3 Å². The molecular formula is C10H20N2O.